The molecule has 0 amide bonds. The van der Waals surface area contributed by atoms with Gasteiger partial charge in [0.15, 0.2) is 5.78 Å². The summed E-state index contributed by atoms with van der Waals surface area (Å²) in [5.74, 6) is 1.18. The smallest absolute Gasteiger partial charge is 0.178 e. The zero-order valence-electron chi connectivity index (χ0n) is 23.1. The van der Waals surface area contributed by atoms with Crippen molar-refractivity contribution in [1.82, 2.24) is 0 Å². The van der Waals surface area contributed by atoms with E-state index in [2.05, 4.69) is 53.3 Å². The zero-order chi connectivity index (χ0) is 25.8. The van der Waals surface area contributed by atoms with Crippen molar-refractivity contribution >= 4 is 11.6 Å². The number of allylic oxidation sites excluding steroid dienone is 3. The molecule has 0 saturated heterocycles. The summed E-state index contributed by atoms with van der Waals surface area (Å²) in [5, 5.41) is 9.87. The molecule has 5 rings (SSSR count). The molecule has 0 spiro atoms. The van der Waals surface area contributed by atoms with Crippen LogP contribution in [-0.4, -0.2) is 11.6 Å². The number of carbonyl (C=O) groups is 2. The van der Waals surface area contributed by atoms with E-state index in [1.807, 2.05) is 19.9 Å². The van der Waals surface area contributed by atoms with E-state index in [-0.39, 0.29) is 50.6 Å². The quantitative estimate of drug-likeness (QED) is 0.370. The van der Waals surface area contributed by atoms with Crippen molar-refractivity contribution in [2.24, 2.45) is 56.2 Å². The van der Waals surface area contributed by atoms with Gasteiger partial charge in [0.2, 0.25) is 0 Å². The highest BCUT2D eigenvalue weighted by molar-refractivity contribution is 6.04. The number of hydrogen-bond donors (Lipinski definition) is 0. The van der Waals surface area contributed by atoms with Crippen LogP contribution in [0.4, 0.5) is 0 Å². The van der Waals surface area contributed by atoms with Gasteiger partial charge in [0, 0.05) is 17.8 Å². The minimum Gasteiger partial charge on any atom is -0.299 e. The monoisotopic (exact) mass is 475 g/mol. The van der Waals surface area contributed by atoms with Crippen molar-refractivity contribution in [3.63, 3.8) is 0 Å². The van der Waals surface area contributed by atoms with Gasteiger partial charge in [-0.15, -0.1) is 6.58 Å². The number of Topliss-reactive ketones (excluding diaryl/α,β-unsaturated/α-hetero) is 2. The van der Waals surface area contributed by atoms with Crippen molar-refractivity contribution in [2.75, 3.05) is 0 Å². The third kappa shape index (κ3) is 2.95. The molecule has 0 bridgehead atoms. The van der Waals surface area contributed by atoms with Gasteiger partial charge in [0.05, 0.1) is 5.57 Å². The number of fused-ring (bicyclic) bond motifs is 7. The Labute approximate surface area is 212 Å². The standard InChI is InChI=1S/C32H45NO2/c1-9-32-14-12-27(2,3)18-21(32)25-22(34)16-24-29(6)17-20(19-33)26(35)28(4,5)23(29)10-11-30(24,7)31(25,8)13-15-32/h9,17,21,23-25H,1,10-16,18H2,2-8H3/t21-,23?,24?,25-,29-,30+,31+,32+/m0/s1. The first-order chi connectivity index (χ1) is 16.1. The maximum absolute atomic E-state index is 14.4. The Kier molecular flexibility index (Phi) is 5.14. The van der Waals surface area contributed by atoms with Gasteiger partial charge >= 0.3 is 0 Å². The fourth-order valence-electron chi connectivity index (χ4n) is 10.7. The van der Waals surface area contributed by atoms with Crippen LogP contribution >= 0.6 is 0 Å². The Morgan fingerprint density at radius 3 is 2.23 bits per heavy atom. The lowest BCUT2D eigenvalue weighted by atomic mass is 9.31. The highest BCUT2D eigenvalue weighted by Crippen LogP contribution is 2.75. The number of hydrogen-bond acceptors (Lipinski definition) is 3. The van der Waals surface area contributed by atoms with Crippen molar-refractivity contribution in [3.05, 3.63) is 24.3 Å². The third-order valence-corrected chi connectivity index (χ3v) is 12.9. The van der Waals surface area contributed by atoms with Crippen molar-refractivity contribution in [1.29, 1.82) is 5.26 Å². The highest BCUT2D eigenvalue weighted by Gasteiger charge is 2.71. The van der Waals surface area contributed by atoms with E-state index in [1.54, 1.807) is 0 Å². The molecule has 5 aliphatic carbocycles. The Bertz CT molecular complexity index is 1070. The second kappa shape index (κ2) is 7.20. The minimum atomic E-state index is -0.575. The summed E-state index contributed by atoms with van der Waals surface area (Å²) < 4.78 is 0. The van der Waals surface area contributed by atoms with Gasteiger partial charge in [0.25, 0.3) is 0 Å². The molecule has 35 heavy (non-hydrogen) atoms. The molecule has 0 heterocycles. The van der Waals surface area contributed by atoms with Crippen molar-refractivity contribution in [2.45, 2.75) is 99.8 Å². The molecule has 3 nitrogen and oxygen atoms in total. The summed E-state index contributed by atoms with van der Waals surface area (Å²) in [4.78, 5) is 27.6. The number of ketones is 2. The van der Waals surface area contributed by atoms with Crippen LogP contribution in [0.25, 0.3) is 0 Å². The Morgan fingerprint density at radius 2 is 1.60 bits per heavy atom. The lowest BCUT2D eigenvalue weighted by Crippen LogP contribution is -2.68. The number of nitrogens with zero attached hydrogens (tertiary/aromatic N) is 1. The molecule has 4 fully saturated rings. The second-order valence-corrected chi connectivity index (χ2v) is 15.1. The van der Waals surface area contributed by atoms with Crippen molar-refractivity contribution in [3.8, 4) is 6.07 Å². The molecular weight excluding hydrogens is 430 g/mol. The van der Waals surface area contributed by atoms with Crippen LogP contribution in [0.2, 0.25) is 0 Å². The van der Waals surface area contributed by atoms with Gasteiger partial charge < -0.3 is 0 Å². The SMILES string of the molecule is C=C[C@]12CCC(C)(C)C[C@H]1[C@H]1C(=O)CC3[C@@]4(C)C=C(C#N)C(=O)C(C)(C)C4CC[C@@]3(C)[C@]1(C)CC2. The van der Waals surface area contributed by atoms with E-state index in [4.69, 9.17) is 0 Å². The number of carbonyl (C=O) groups excluding carboxylic acids is 2. The zero-order valence-corrected chi connectivity index (χ0v) is 23.1. The predicted molar refractivity (Wildman–Crippen MR) is 139 cm³/mol. The molecule has 0 aliphatic heterocycles. The van der Waals surface area contributed by atoms with Crippen LogP contribution < -0.4 is 0 Å². The summed E-state index contributed by atoms with van der Waals surface area (Å²) >= 11 is 0. The topological polar surface area (TPSA) is 57.9 Å². The summed E-state index contributed by atoms with van der Waals surface area (Å²) in [7, 11) is 0. The molecule has 0 radical (unpaired) electrons. The fraction of sp³-hybridized carbons (Fsp3) is 0.781. The average Bonchev–Trinajstić information content (AvgIpc) is 2.77. The molecule has 2 unspecified atom stereocenters. The Balaban J connectivity index is 1.64. The lowest BCUT2D eigenvalue weighted by molar-refractivity contribution is -0.217. The molecule has 5 aliphatic rings. The molecule has 8 atom stereocenters. The average molecular weight is 476 g/mol. The highest BCUT2D eigenvalue weighted by atomic mass is 16.1. The number of rotatable bonds is 1. The minimum absolute atomic E-state index is 0.000714. The van der Waals surface area contributed by atoms with Gasteiger partial charge in [-0.2, -0.15) is 5.26 Å². The van der Waals surface area contributed by atoms with Crippen LogP contribution in [-0.2, 0) is 9.59 Å². The largest absolute Gasteiger partial charge is 0.299 e. The first kappa shape index (κ1) is 25.0. The molecule has 0 aromatic rings. The predicted octanol–water partition coefficient (Wildman–Crippen LogP) is 7.47. The maximum atomic E-state index is 14.4. The second-order valence-electron chi connectivity index (χ2n) is 15.1. The van der Waals surface area contributed by atoms with Gasteiger partial charge in [-0.1, -0.05) is 60.6 Å². The Morgan fingerprint density at radius 1 is 0.943 bits per heavy atom. The molecule has 0 aromatic carbocycles. The van der Waals surface area contributed by atoms with Gasteiger partial charge in [-0.05, 0) is 89.8 Å². The maximum Gasteiger partial charge on any atom is 0.178 e. The molecule has 190 valence electrons. The van der Waals surface area contributed by atoms with Crippen LogP contribution in [0.15, 0.2) is 24.3 Å². The van der Waals surface area contributed by atoms with Crippen LogP contribution in [0.1, 0.15) is 99.8 Å². The van der Waals surface area contributed by atoms with E-state index in [0.717, 1.165) is 38.5 Å². The van der Waals surface area contributed by atoms with Gasteiger partial charge in [0.1, 0.15) is 11.9 Å². The van der Waals surface area contributed by atoms with E-state index in [1.165, 1.54) is 6.42 Å². The molecule has 3 heteroatoms. The van der Waals surface area contributed by atoms with Gasteiger partial charge in [-0.25, -0.2) is 0 Å². The van der Waals surface area contributed by atoms with Gasteiger partial charge in [-0.3, -0.25) is 9.59 Å². The summed E-state index contributed by atoms with van der Waals surface area (Å²) in [6, 6.07) is 2.23. The van der Waals surface area contributed by atoms with E-state index in [0.29, 0.717) is 23.7 Å². The summed E-state index contributed by atoms with van der Waals surface area (Å²) in [5.41, 5.74) is -0.313. The van der Waals surface area contributed by atoms with Crippen LogP contribution in [0.3, 0.4) is 0 Å². The fourth-order valence-corrected chi connectivity index (χ4v) is 10.7. The van der Waals surface area contributed by atoms with Crippen molar-refractivity contribution < 1.29 is 9.59 Å². The summed E-state index contributed by atoms with van der Waals surface area (Å²) in [6.45, 7) is 20.3. The normalized spacial score (nSPS) is 49.9. The summed E-state index contributed by atoms with van der Waals surface area (Å²) in [6.07, 6.45) is 12.5. The molecule has 4 saturated carbocycles. The molecule has 0 N–H and O–H groups in total. The first-order valence-electron chi connectivity index (χ1n) is 14.0. The van der Waals surface area contributed by atoms with E-state index >= 15 is 0 Å². The van der Waals surface area contributed by atoms with Crippen LogP contribution in [0.5, 0.6) is 0 Å². The Hall–Kier alpha value is -1.69. The first-order valence-corrected chi connectivity index (χ1v) is 14.0. The number of nitriles is 1. The van der Waals surface area contributed by atoms with E-state index < -0.39 is 5.41 Å². The van der Waals surface area contributed by atoms with E-state index in [9.17, 15) is 14.9 Å². The van der Waals surface area contributed by atoms with Crippen LogP contribution in [0, 0.1) is 67.5 Å². The molecule has 0 aromatic heterocycles. The third-order valence-electron chi connectivity index (χ3n) is 12.9. The molecular formula is C32H45NO2. The lowest BCUT2D eigenvalue weighted by Gasteiger charge is -2.71.